The second-order valence-electron chi connectivity index (χ2n) is 12.7. The van der Waals surface area contributed by atoms with Crippen molar-refractivity contribution in [3.8, 4) is 0 Å². The number of rotatable bonds is 20. The molecular weight excluding hydrogens is 638 g/mol. The Morgan fingerprint density at radius 3 is 2.08 bits per heavy atom. The number of carbonyl (C=O) groups is 7. The maximum Gasteiger partial charge on any atom is 0.326 e. The van der Waals surface area contributed by atoms with Crippen LogP contribution in [0, 0.1) is 5.92 Å². The fraction of sp³-hybridized carbons (Fsp3) is 0.606. The number of hydrogen-bond acceptors (Lipinski definition) is 9. The molecule has 10 N–H and O–H groups in total. The molecule has 6 atom stereocenters. The molecule has 0 aromatic heterocycles. The molecule has 1 heterocycles. The van der Waals surface area contributed by atoms with Crippen molar-refractivity contribution < 1.29 is 43.8 Å². The molecule has 16 nitrogen and oxygen atoms in total. The van der Waals surface area contributed by atoms with Crippen molar-refractivity contribution in [3.05, 3.63) is 35.9 Å². The zero-order chi connectivity index (χ0) is 36.7. The Bertz CT molecular complexity index is 1310. The molecule has 1 aromatic carbocycles. The van der Waals surface area contributed by atoms with Gasteiger partial charge in [-0.25, -0.2) is 4.79 Å². The smallest absolute Gasteiger partial charge is 0.326 e. The standard InChI is InChI=1S/C33H51N7O9/c1-19(2)16-24(30(45)37-23(33(48)49)12-7-8-14-34)38-28(43)20(3)36-29(44)25(18-27(41)42)39-31(46)26-13-9-15-40(26)32(47)22(35)17-21-10-5-4-6-11-21/h4-6,10-11,19-20,22-26H,7-9,12-18,34-35H2,1-3H3,(H,36,44)(H,37,45)(H,38,43)(H,39,46)(H,41,42)(H,48,49). The normalized spacial score (nSPS) is 17.3. The van der Waals surface area contributed by atoms with Gasteiger partial charge in [-0.1, -0.05) is 44.2 Å². The number of carboxylic acid groups (broad SMARTS) is 2. The monoisotopic (exact) mass is 689 g/mol. The Kier molecular flexibility index (Phi) is 16.6. The summed E-state index contributed by atoms with van der Waals surface area (Å²) in [6.45, 7) is 5.56. The Balaban J connectivity index is 2.07. The average molecular weight is 690 g/mol. The fourth-order valence-electron chi connectivity index (χ4n) is 5.52. The first-order valence-corrected chi connectivity index (χ1v) is 16.6. The molecule has 5 amide bonds. The van der Waals surface area contributed by atoms with Gasteiger partial charge < -0.3 is 47.8 Å². The number of nitrogens with zero attached hydrogens (tertiary/aromatic N) is 1. The van der Waals surface area contributed by atoms with Crippen molar-refractivity contribution >= 4 is 41.5 Å². The maximum absolute atomic E-state index is 13.3. The number of hydrogen-bond donors (Lipinski definition) is 8. The third-order valence-corrected chi connectivity index (χ3v) is 8.12. The quantitative estimate of drug-likeness (QED) is 0.0789. The molecular formula is C33H51N7O9. The third kappa shape index (κ3) is 13.5. The number of unbranched alkanes of at least 4 members (excludes halogenated alkanes) is 1. The molecule has 6 unspecified atom stereocenters. The molecule has 0 radical (unpaired) electrons. The number of carbonyl (C=O) groups excluding carboxylic acids is 5. The van der Waals surface area contributed by atoms with Crippen molar-refractivity contribution in [2.45, 2.75) is 108 Å². The van der Waals surface area contributed by atoms with Crippen molar-refractivity contribution in [2.75, 3.05) is 13.1 Å². The van der Waals surface area contributed by atoms with E-state index in [2.05, 4.69) is 21.3 Å². The lowest BCUT2D eigenvalue weighted by Gasteiger charge is -2.28. The van der Waals surface area contributed by atoms with Gasteiger partial charge in [-0.05, 0) is 69.9 Å². The summed E-state index contributed by atoms with van der Waals surface area (Å²) in [4.78, 5) is 90.5. The molecule has 272 valence electrons. The van der Waals surface area contributed by atoms with Gasteiger partial charge in [0.2, 0.25) is 29.5 Å². The number of nitrogens with one attached hydrogen (secondary N) is 4. The number of nitrogens with two attached hydrogens (primary N) is 2. The zero-order valence-electron chi connectivity index (χ0n) is 28.4. The Morgan fingerprint density at radius 2 is 1.49 bits per heavy atom. The van der Waals surface area contributed by atoms with Crippen LogP contribution >= 0.6 is 0 Å². The predicted molar refractivity (Wildman–Crippen MR) is 179 cm³/mol. The van der Waals surface area contributed by atoms with Crippen molar-refractivity contribution in [3.63, 3.8) is 0 Å². The molecule has 16 heteroatoms. The summed E-state index contributed by atoms with van der Waals surface area (Å²) in [5.41, 5.74) is 12.5. The zero-order valence-corrected chi connectivity index (χ0v) is 28.4. The minimum atomic E-state index is -1.59. The third-order valence-electron chi connectivity index (χ3n) is 8.12. The fourth-order valence-corrected chi connectivity index (χ4v) is 5.52. The van der Waals surface area contributed by atoms with Crippen LogP contribution in [0.5, 0.6) is 0 Å². The maximum atomic E-state index is 13.3. The van der Waals surface area contributed by atoms with Gasteiger partial charge >= 0.3 is 11.9 Å². The summed E-state index contributed by atoms with van der Waals surface area (Å²) in [5.74, 6) is -6.35. The molecule has 0 aliphatic carbocycles. The molecule has 49 heavy (non-hydrogen) atoms. The molecule has 1 aliphatic rings. The highest BCUT2D eigenvalue weighted by molar-refractivity contribution is 5.97. The molecule has 1 aromatic rings. The number of likely N-dealkylation sites (tertiary alicyclic amines) is 1. The summed E-state index contributed by atoms with van der Waals surface area (Å²) in [6.07, 6.45) is 1.59. The number of aliphatic carboxylic acids is 2. The molecule has 2 rings (SSSR count). The lowest BCUT2D eigenvalue weighted by molar-refractivity contribution is -0.143. The van der Waals surface area contributed by atoms with Gasteiger partial charge in [0.05, 0.1) is 12.5 Å². The van der Waals surface area contributed by atoms with Crippen LogP contribution in [0.1, 0.15) is 71.3 Å². The minimum Gasteiger partial charge on any atom is -0.481 e. The van der Waals surface area contributed by atoms with E-state index in [0.717, 1.165) is 5.56 Å². The molecule has 1 fully saturated rings. The highest BCUT2D eigenvalue weighted by Crippen LogP contribution is 2.20. The first-order valence-electron chi connectivity index (χ1n) is 16.6. The van der Waals surface area contributed by atoms with Gasteiger partial charge in [-0.15, -0.1) is 0 Å². The summed E-state index contributed by atoms with van der Waals surface area (Å²) in [7, 11) is 0. The van der Waals surface area contributed by atoms with E-state index in [1.165, 1.54) is 11.8 Å². The Hall–Kier alpha value is -4.57. The Labute approximate surface area is 286 Å². The summed E-state index contributed by atoms with van der Waals surface area (Å²) >= 11 is 0. The number of benzene rings is 1. The largest absolute Gasteiger partial charge is 0.481 e. The van der Waals surface area contributed by atoms with E-state index >= 15 is 0 Å². The summed E-state index contributed by atoms with van der Waals surface area (Å²) in [5, 5.41) is 28.8. The first kappa shape index (κ1) is 40.6. The highest BCUT2D eigenvalue weighted by Gasteiger charge is 2.38. The molecule has 1 saturated heterocycles. The van der Waals surface area contributed by atoms with Crippen LogP contribution in [0.25, 0.3) is 0 Å². The van der Waals surface area contributed by atoms with Crippen LogP contribution in [0.3, 0.4) is 0 Å². The first-order chi connectivity index (χ1) is 23.1. The van der Waals surface area contributed by atoms with Gasteiger partial charge in [0.1, 0.15) is 30.2 Å². The van der Waals surface area contributed by atoms with E-state index < -0.39 is 84.1 Å². The average Bonchev–Trinajstić information content (AvgIpc) is 3.53. The van der Waals surface area contributed by atoms with Gasteiger partial charge in [-0.3, -0.25) is 28.8 Å². The van der Waals surface area contributed by atoms with E-state index in [-0.39, 0.29) is 38.1 Å². The van der Waals surface area contributed by atoms with Crippen LogP contribution in [0.4, 0.5) is 0 Å². The molecule has 0 bridgehead atoms. The van der Waals surface area contributed by atoms with Gasteiger partial charge in [0.15, 0.2) is 0 Å². The van der Waals surface area contributed by atoms with E-state index in [0.29, 0.717) is 25.8 Å². The van der Waals surface area contributed by atoms with Crippen LogP contribution in [-0.4, -0.2) is 106 Å². The molecule has 0 spiro atoms. The van der Waals surface area contributed by atoms with E-state index in [4.69, 9.17) is 11.5 Å². The van der Waals surface area contributed by atoms with Crippen molar-refractivity contribution in [1.82, 2.24) is 26.2 Å². The van der Waals surface area contributed by atoms with E-state index in [1.54, 1.807) is 0 Å². The molecule has 0 saturated carbocycles. The second kappa shape index (κ2) is 20.1. The van der Waals surface area contributed by atoms with Crippen LogP contribution in [0.15, 0.2) is 30.3 Å². The highest BCUT2D eigenvalue weighted by atomic mass is 16.4. The lowest BCUT2D eigenvalue weighted by Crippen LogP contribution is -2.59. The van der Waals surface area contributed by atoms with Gasteiger partial charge in [0.25, 0.3) is 0 Å². The van der Waals surface area contributed by atoms with Gasteiger partial charge in [-0.2, -0.15) is 0 Å². The van der Waals surface area contributed by atoms with Crippen molar-refractivity contribution in [2.24, 2.45) is 17.4 Å². The summed E-state index contributed by atoms with van der Waals surface area (Å²) in [6, 6.07) is 2.07. The van der Waals surface area contributed by atoms with E-state index in [9.17, 15) is 43.8 Å². The van der Waals surface area contributed by atoms with Crippen molar-refractivity contribution in [1.29, 1.82) is 0 Å². The van der Waals surface area contributed by atoms with Gasteiger partial charge in [0, 0.05) is 6.54 Å². The summed E-state index contributed by atoms with van der Waals surface area (Å²) < 4.78 is 0. The number of carboxylic acids is 2. The second-order valence-corrected chi connectivity index (χ2v) is 12.7. The van der Waals surface area contributed by atoms with Crippen LogP contribution in [0.2, 0.25) is 0 Å². The molecule has 1 aliphatic heterocycles. The Morgan fingerprint density at radius 1 is 0.857 bits per heavy atom. The van der Waals surface area contributed by atoms with E-state index in [1.807, 2.05) is 44.2 Å². The topological polar surface area (TPSA) is 263 Å². The van der Waals surface area contributed by atoms with Crippen LogP contribution < -0.4 is 32.7 Å². The number of amides is 5. The van der Waals surface area contributed by atoms with Crippen LogP contribution in [-0.2, 0) is 40.0 Å². The predicted octanol–water partition coefficient (Wildman–Crippen LogP) is -0.759. The lowest BCUT2D eigenvalue weighted by atomic mass is 10.0. The minimum absolute atomic E-state index is 0.0773. The SMILES string of the molecule is CC(C)CC(NC(=O)C(C)NC(=O)C(CC(=O)O)NC(=O)C1CCCN1C(=O)C(N)Cc1ccccc1)C(=O)NC(CCCCN)C(=O)O.